The molecule has 1 fully saturated rings. The van der Waals surface area contributed by atoms with E-state index in [9.17, 15) is 19.2 Å². The zero-order chi connectivity index (χ0) is 21.3. The van der Waals surface area contributed by atoms with Crippen molar-refractivity contribution in [1.82, 2.24) is 4.90 Å². The number of amides is 2. The highest BCUT2D eigenvalue weighted by Crippen LogP contribution is 2.20. The Morgan fingerprint density at radius 2 is 1.30 bits per heavy atom. The Bertz CT molecular complexity index is 880. The Balaban J connectivity index is 1.59. The van der Waals surface area contributed by atoms with Crippen molar-refractivity contribution in [3.05, 3.63) is 71.8 Å². The van der Waals surface area contributed by atoms with E-state index in [0.717, 1.165) is 16.0 Å². The summed E-state index contributed by atoms with van der Waals surface area (Å²) in [7, 11) is 0. The van der Waals surface area contributed by atoms with Crippen LogP contribution in [0.3, 0.4) is 0 Å². The zero-order valence-electron chi connectivity index (χ0n) is 16.5. The van der Waals surface area contributed by atoms with Gasteiger partial charge in [0.1, 0.15) is 19.3 Å². The molecule has 0 aliphatic carbocycles. The first-order chi connectivity index (χ1) is 14.5. The molecule has 30 heavy (non-hydrogen) atoms. The Labute approximate surface area is 174 Å². The summed E-state index contributed by atoms with van der Waals surface area (Å²) in [4.78, 5) is 50.0. The molecule has 0 radical (unpaired) electrons. The summed E-state index contributed by atoms with van der Waals surface area (Å²) in [5.41, 5.74) is 1.63. The second-order valence-electron chi connectivity index (χ2n) is 6.95. The van der Waals surface area contributed by atoms with Crippen LogP contribution in [0.1, 0.15) is 36.8 Å². The Hall–Kier alpha value is -3.48. The number of rotatable bonds is 9. The highest BCUT2D eigenvalue weighted by Gasteiger charge is 2.39. The summed E-state index contributed by atoms with van der Waals surface area (Å²) >= 11 is 0. The van der Waals surface area contributed by atoms with E-state index in [2.05, 4.69) is 0 Å². The van der Waals surface area contributed by atoms with Crippen molar-refractivity contribution < 1.29 is 28.7 Å². The number of hydrogen-bond acceptors (Lipinski definition) is 6. The van der Waals surface area contributed by atoms with Crippen LogP contribution in [-0.4, -0.2) is 34.7 Å². The van der Waals surface area contributed by atoms with E-state index >= 15 is 0 Å². The van der Waals surface area contributed by atoms with Gasteiger partial charge in [-0.2, -0.15) is 0 Å². The maximum absolute atomic E-state index is 12.7. The predicted molar refractivity (Wildman–Crippen MR) is 107 cm³/mol. The molecule has 2 amide bonds. The van der Waals surface area contributed by atoms with Crippen molar-refractivity contribution in [2.24, 2.45) is 0 Å². The standard InChI is InChI=1S/C23H23NO6/c25-20-12-13-21(26)24(20)19(23(28)30-16-18-9-5-2-6-10-18)11-14-22(27)29-15-17-7-3-1-4-8-17/h1-10,19H,11-16H2. The minimum atomic E-state index is -1.14. The molecule has 2 aromatic rings. The summed E-state index contributed by atoms with van der Waals surface area (Å²) < 4.78 is 10.5. The molecule has 1 aliphatic rings. The molecule has 3 rings (SSSR count). The van der Waals surface area contributed by atoms with Gasteiger partial charge < -0.3 is 9.47 Å². The maximum Gasteiger partial charge on any atom is 0.329 e. The van der Waals surface area contributed by atoms with Gasteiger partial charge in [0.05, 0.1) is 0 Å². The monoisotopic (exact) mass is 409 g/mol. The average molecular weight is 409 g/mol. The second-order valence-corrected chi connectivity index (χ2v) is 6.95. The first kappa shape index (κ1) is 21.2. The second kappa shape index (κ2) is 10.3. The highest BCUT2D eigenvalue weighted by molar-refractivity contribution is 6.05. The van der Waals surface area contributed by atoms with Gasteiger partial charge in [0.2, 0.25) is 11.8 Å². The molecule has 7 heteroatoms. The molecule has 0 N–H and O–H groups in total. The lowest BCUT2D eigenvalue weighted by Gasteiger charge is -2.24. The number of carbonyl (C=O) groups excluding carboxylic acids is 4. The van der Waals surface area contributed by atoms with E-state index in [1.807, 2.05) is 48.5 Å². The van der Waals surface area contributed by atoms with Crippen LogP contribution in [0.2, 0.25) is 0 Å². The molecule has 1 unspecified atom stereocenters. The van der Waals surface area contributed by atoms with E-state index < -0.39 is 29.8 Å². The number of hydrogen-bond donors (Lipinski definition) is 0. The number of likely N-dealkylation sites (tertiary alicyclic amines) is 1. The summed E-state index contributed by atoms with van der Waals surface area (Å²) in [6, 6.07) is 17.1. The quantitative estimate of drug-likeness (QED) is 0.467. The number of nitrogens with zero attached hydrogens (tertiary/aromatic N) is 1. The van der Waals surface area contributed by atoms with Gasteiger partial charge in [-0.05, 0) is 17.5 Å². The van der Waals surface area contributed by atoms with Crippen LogP contribution >= 0.6 is 0 Å². The van der Waals surface area contributed by atoms with Crippen LogP contribution in [0, 0.1) is 0 Å². The molecule has 1 heterocycles. The molecule has 2 aromatic carbocycles. The number of carbonyl (C=O) groups is 4. The molecule has 1 saturated heterocycles. The van der Waals surface area contributed by atoms with Crippen molar-refractivity contribution in [1.29, 1.82) is 0 Å². The topological polar surface area (TPSA) is 90.0 Å². The highest BCUT2D eigenvalue weighted by atomic mass is 16.5. The Kier molecular flexibility index (Phi) is 7.32. The number of benzene rings is 2. The van der Waals surface area contributed by atoms with Crippen molar-refractivity contribution in [3.63, 3.8) is 0 Å². The van der Waals surface area contributed by atoms with E-state index in [1.165, 1.54) is 0 Å². The first-order valence-corrected chi connectivity index (χ1v) is 9.79. The van der Waals surface area contributed by atoms with Crippen molar-refractivity contribution in [2.75, 3.05) is 0 Å². The normalized spacial score (nSPS) is 14.5. The van der Waals surface area contributed by atoms with Gasteiger partial charge in [-0.15, -0.1) is 0 Å². The van der Waals surface area contributed by atoms with Gasteiger partial charge in [-0.25, -0.2) is 4.79 Å². The third kappa shape index (κ3) is 5.76. The Morgan fingerprint density at radius 1 is 0.800 bits per heavy atom. The van der Waals surface area contributed by atoms with Crippen LogP contribution in [0.4, 0.5) is 0 Å². The number of ether oxygens (including phenoxy) is 2. The lowest BCUT2D eigenvalue weighted by Crippen LogP contribution is -2.45. The third-order valence-electron chi connectivity index (χ3n) is 4.76. The van der Waals surface area contributed by atoms with Crippen LogP contribution in [0.5, 0.6) is 0 Å². The van der Waals surface area contributed by atoms with Crippen LogP contribution < -0.4 is 0 Å². The molecule has 1 aliphatic heterocycles. The molecule has 156 valence electrons. The number of imide groups is 1. The van der Waals surface area contributed by atoms with Gasteiger partial charge in [0, 0.05) is 19.3 Å². The molecule has 0 bridgehead atoms. The van der Waals surface area contributed by atoms with E-state index in [0.29, 0.717) is 0 Å². The molecular weight excluding hydrogens is 386 g/mol. The molecule has 0 aromatic heterocycles. The largest absolute Gasteiger partial charge is 0.461 e. The van der Waals surface area contributed by atoms with E-state index in [4.69, 9.17) is 9.47 Å². The molecule has 1 atom stereocenters. The van der Waals surface area contributed by atoms with E-state index in [-0.39, 0.29) is 38.9 Å². The fourth-order valence-electron chi connectivity index (χ4n) is 3.18. The molecule has 0 spiro atoms. The minimum absolute atomic E-state index is 0.0187. The van der Waals surface area contributed by atoms with Crippen molar-refractivity contribution in [2.45, 2.75) is 44.9 Å². The smallest absolute Gasteiger partial charge is 0.329 e. The van der Waals surface area contributed by atoms with Gasteiger partial charge in [0.15, 0.2) is 0 Å². The van der Waals surface area contributed by atoms with Gasteiger partial charge >= 0.3 is 11.9 Å². The summed E-state index contributed by atoms with van der Waals surface area (Å²) in [5, 5.41) is 0. The molecule has 0 saturated carbocycles. The predicted octanol–water partition coefficient (Wildman–Crippen LogP) is 2.77. The number of esters is 2. The maximum atomic E-state index is 12.7. The fraction of sp³-hybridized carbons (Fsp3) is 0.304. The average Bonchev–Trinajstić information content (AvgIpc) is 3.10. The third-order valence-corrected chi connectivity index (χ3v) is 4.76. The van der Waals surface area contributed by atoms with Gasteiger partial charge in [0.25, 0.3) is 0 Å². The SMILES string of the molecule is O=C(CCC(C(=O)OCc1ccccc1)N1C(=O)CCC1=O)OCc1ccccc1. The van der Waals surface area contributed by atoms with Gasteiger partial charge in [-0.3, -0.25) is 19.3 Å². The fourth-order valence-corrected chi connectivity index (χ4v) is 3.18. The zero-order valence-corrected chi connectivity index (χ0v) is 16.5. The molecular formula is C23H23NO6. The van der Waals surface area contributed by atoms with Crippen LogP contribution in [0.15, 0.2) is 60.7 Å². The van der Waals surface area contributed by atoms with E-state index in [1.54, 1.807) is 12.1 Å². The Morgan fingerprint density at radius 3 is 1.83 bits per heavy atom. The lowest BCUT2D eigenvalue weighted by atomic mass is 10.1. The lowest BCUT2D eigenvalue weighted by molar-refractivity contribution is -0.160. The summed E-state index contributed by atoms with van der Waals surface area (Å²) in [6.45, 7) is 0.134. The van der Waals surface area contributed by atoms with Gasteiger partial charge in [-0.1, -0.05) is 60.7 Å². The summed E-state index contributed by atoms with van der Waals surface area (Å²) in [5.74, 6) is -2.09. The summed E-state index contributed by atoms with van der Waals surface area (Å²) in [6.07, 6.45) is -0.0484. The van der Waals surface area contributed by atoms with Crippen LogP contribution in [0.25, 0.3) is 0 Å². The minimum Gasteiger partial charge on any atom is -0.461 e. The molecule has 7 nitrogen and oxygen atoms in total. The van der Waals surface area contributed by atoms with Crippen LogP contribution in [-0.2, 0) is 41.9 Å². The first-order valence-electron chi connectivity index (χ1n) is 9.79. The van der Waals surface area contributed by atoms with Crippen molar-refractivity contribution in [3.8, 4) is 0 Å². The van der Waals surface area contributed by atoms with Crippen molar-refractivity contribution >= 4 is 23.8 Å².